The number of benzene rings is 1. The van der Waals surface area contributed by atoms with Crippen LogP contribution in [0.3, 0.4) is 0 Å². The Morgan fingerprint density at radius 2 is 1.93 bits per heavy atom. The van der Waals surface area contributed by atoms with Gasteiger partial charge in [0.05, 0.1) is 5.92 Å². The summed E-state index contributed by atoms with van der Waals surface area (Å²) in [5.41, 5.74) is 0.463. The summed E-state index contributed by atoms with van der Waals surface area (Å²) in [6.07, 6.45) is 0.424. The molecule has 0 bridgehead atoms. The summed E-state index contributed by atoms with van der Waals surface area (Å²) < 4.78 is 5.48. The molecule has 0 saturated carbocycles. The molecule has 1 aromatic carbocycles. The SMILES string of the molecule is CCC(=O)N1CCC[C@@H](C(=O)O[C@H](C(=O)NC(=O)NC)c2ccccc2)C1. The van der Waals surface area contributed by atoms with Gasteiger partial charge in [-0.1, -0.05) is 37.3 Å². The van der Waals surface area contributed by atoms with E-state index in [1.54, 1.807) is 42.2 Å². The molecule has 146 valence electrons. The molecule has 8 nitrogen and oxygen atoms in total. The van der Waals surface area contributed by atoms with Gasteiger partial charge in [0, 0.05) is 32.1 Å². The number of imide groups is 1. The Hall–Kier alpha value is -2.90. The van der Waals surface area contributed by atoms with E-state index in [-0.39, 0.29) is 12.5 Å². The third kappa shape index (κ3) is 5.54. The molecule has 2 N–H and O–H groups in total. The topological polar surface area (TPSA) is 105 Å². The van der Waals surface area contributed by atoms with Gasteiger partial charge < -0.3 is 15.0 Å². The van der Waals surface area contributed by atoms with Gasteiger partial charge in [-0.25, -0.2) is 4.79 Å². The molecular weight excluding hydrogens is 350 g/mol. The first-order valence-corrected chi connectivity index (χ1v) is 9.02. The van der Waals surface area contributed by atoms with Crippen LogP contribution < -0.4 is 10.6 Å². The highest BCUT2D eigenvalue weighted by atomic mass is 16.5. The third-order valence-electron chi connectivity index (χ3n) is 4.45. The van der Waals surface area contributed by atoms with Gasteiger partial charge in [-0.2, -0.15) is 0 Å². The van der Waals surface area contributed by atoms with Crippen molar-refractivity contribution in [3.63, 3.8) is 0 Å². The molecule has 1 aliphatic rings. The van der Waals surface area contributed by atoms with Gasteiger partial charge in [0.2, 0.25) is 12.0 Å². The van der Waals surface area contributed by atoms with E-state index in [2.05, 4.69) is 10.6 Å². The van der Waals surface area contributed by atoms with E-state index in [1.807, 2.05) is 0 Å². The number of esters is 1. The number of carbonyl (C=O) groups is 4. The molecule has 2 atom stereocenters. The fourth-order valence-corrected chi connectivity index (χ4v) is 2.97. The Balaban J connectivity index is 2.12. The van der Waals surface area contributed by atoms with Crippen molar-refractivity contribution < 1.29 is 23.9 Å². The largest absolute Gasteiger partial charge is 0.447 e. The number of nitrogens with zero attached hydrogens (tertiary/aromatic N) is 1. The molecule has 8 heteroatoms. The van der Waals surface area contributed by atoms with Crippen LogP contribution in [-0.4, -0.2) is 48.9 Å². The highest BCUT2D eigenvalue weighted by Gasteiger charge is 2.33. The molecule has 1 heterocycles. The Morgan fingerprint density at radius 3 is 2.56 bits per heavy atom. The zero-order valence-electron chi connectivity index (χ0n) is 15.6. The molecule has 0 unspecified atom stereocenters. The zero-order valence-corrected chi connectivity index (χ0v) is 15.6. The van der Waals surface area contributed by atoms with E-state index in [9.17, 15) is 19.2 Å². The monoisotopic (exact) mass is 375 g/mol. The summed E-state index contributed by atoms with van der Waals surface area (Å²) >= 11 is 0. The van der Waals surface area contributed by atoms with Gasteiger partial charge >= 0.3 is 12.0 Å². The van der Waals surface area contributed by atoms with Crippen molar-refractivity contribution in [3.05, 3.63) is 35.9 Å². The summed E-state index contributed by atoms with van der Waals surface area (Å²) in [6, 6.07) is 7.81. The molecule has 1 fully saturated rings. The Kier molecular flexibility index (Phi) is 7.34. The Bertz CT molecular complexity index is 692. The molecule has 1 aliphatic heterocycles. The molecule has 1 saturated heterocycles. The van der Waals surface area contributed by atoms with Gasteiger partial charge in [0.1, 0.15) is 0 Å². The van der Waals surface area contributed by atoms with E-state index in [0.29, 0.717) is 31.4 Å². The van der Waals surface area contributed by atoms with E-state index in [0.717, 1.165) is 0 Å². The smallest absolute Gasteiger partial charge is 0.321 e. The van der Waals surface area contributed by atoms with E-state index in [4.69, 9.17) is 4.74 Å². The van der Waals surface area contributed by atoms with E-state index < -0.39 is 29.9 Å². The molecule has 0 aromatic heterocycles. The van der Waals surface area contributed by atoms with Crippen molar-refractivity contribution in [1.82, 2.24) is 15.5 Å². The van der Waals surface area contributed by atoms with Crippen molar-refractivity contribution in [3.8, 4) is 0 Å². The van der Waals surface area contributed by atoms with Crippen molar-refractivity contribution >= 4 is 23.8 Å². The summed E-state index contributed by atoms with van der Waals surface area (Å²) in [5, 5.41) is 4.43. The van der Waals surface area contributed by atoms with Crippen LogP contribution in [0, 0.1) is 5.92 Å². The minimum absolute atomic E-state index is 0.00975. The van der Waals surface area contributed by atoms with E-state index >= 15 is 0 Å². The minimum Gasteiger partial charge on any atom is -0.447 e. The van der Waals surface area contributed by atoms with Crippen LogP contribution in [0.15, 0.2) is 30.3 Å². The molecule has 1 aromatic rings. The number of rotatable bonds is 5. The number of nitrogens with one attached hydrogen (secondary N) is 2. The van der Waals surface area contributed by atoms with Gasteiger partial charge in [0.15, 0.2) is 0 Å². The van der Waals surface area contributed by atoms with Crippen molar-refractivity contribution in [2.45, 2.75) is 32.3 Å². The molecule has 0 spiro atoms. The highest BCUT2D eigenvalue weighted by molar-refractivity contribution is 5.97. The fraction of sp³-hybridized carbons (Fsp3) is 0.474. The molecule has 0 aliphatic carbocycles. The van der Waals surface area contributed by atoms with Crippen molar-refractivity contribution in [1.29, 1.82) is 0 Å². The average molecular weight is 375 g/mol. The predicted octanol–water partition coefficient (Wildman–Crippen LogP) is 1.38. The number of likely N-dealkylation sites (tertiary alicyclic amines) is 1. The number of carbonyl (C=O) groups excluding carboxylic acids is 4. The second-order valence-corrected chi connectivity index (χ2v) is 6.33. The van der Waals surface area contributed by atoms with Crippen LogP contribution in [0.25, 0.3) is 0 Å². The van der Waals surface area contributed by atoms with E-state index in [1.165, 1.54) is 7.05 Å². The summed E-state index contributed by atoms with van der Waals surface area (Å²) in [5.74, 6) is -1.78. The number of hydrogen-bond donors (Lipinski definition) is 2. The van der Waals surface area contributed by atoms with Crippen LogP contribution >= 0.6 is 0 Å². The molecule has 27 heavy (non-hydrogen) atoms. The lowest BCUT2D eigenvalue weighted by atomic mass is 9.97. The number of amides is 4. The zero-order chi connectivity index (χ0) is 19.8. The lowest BCUT2D eigenvalue weighted by Gasteiger charge is -2.32. The first-order chi connectivity index (χ1) is 13.0. The van der Waals surface area contributed by atoms with Crippen LogP contribution in [-0.2, 0) is 19.1 Å². The number of urea groups is 1. The average Bonchev–Trinajstić information content (AvgIpc) is 2.71. The maximum Gasteiger partial charge on any atom is 0.321 e. The number of ether oxygens (including phenoxy) is 1. The second kappa shape index (κ2) is 9.70. The Labute approximate surface area is 158 Å². The van der Waals surface area contributed by atoms with Crippen LogP contribution in [0.5, 0.6) is 0 Å². The van der Waals surface area contributed by atoms with Gasteiger partial charge in [0.25, 0.3) is 5.91 Å². The summed E-state index contributed by atoms with van der Waals surface area (Å²) in [4.78, 5) is 50.1. The maximum absolute atomic E-state index is 12.7. The summed E-state index contributed by atoms with van der Waals surface area (Å²) in [7, 11) is 1.38. The number of hydrogen-bond acceptors (Lipinski definition) is 5. The van der Waals surface area contributed by atoms with Gasteiger partial charge in [-0.3, -0.25) is 19.7 Å². The van der Waals surface area contributed by atoms with Crippen molar-refractivity contribution in [2.75, 3.05) is 20.1 Å². The lowest BCUT2D eigenvalue weighted by Crippen LogP contribution is -2.44. The fourth-order valence-electron chi connectivity index (χ4n) is 2.97. The first kappa shape index (κ1) is 20.4. The van der Waals surface area contributed by atoms with Crippen LogP contribution in [0.2, 0.25) is 0 Å². The highest BCUT2D eigenvalue weighted by Crippen LogP contribution is 2.24. The third-order valence-corrected chi connectivity index (χ3v) is 4.45. The standard InChI is InChI=1S/C19H25N3O5/c1-3-15(23)22-11-7-10-14(12-22)18(25)27-16(13-8-5-4-6-9-13)17(24)21-19(26)20-2/h4-6,8-9,14,16H,3,7,10-12H2,1-2H3,(H2,20,21,24,26)/t14-,16+/m1/s1. The van der Waals surface area contributed by atoms with Gasteiger partial charge in [-0.05, 0) is 12.8 Å². The van der Waals surface area contributed by atoms with Crippen molar-refractivity contribution in [2.24, 2.45) is 5.92 Å². The predicted molar refractivity (Wildman–Crippen MR) is 97.5 cm³/mol. The first-order valence-electron chi connectivity index (χ1n) is 9.02. The normalized spacial score (nSPS) is 17.6. The maximum atomic E-state index is 12.7. The minimum atomic E-state index is -1.24. The summed E-state index contributed by atoms with van der Waals surface area (Å²) in [6.45, 7) is 2.68. The molecule has 4 amide bonds. The molecular formula is C19H25N3O5. The van der Waals surface area contributed by atoms with Crippen LogP contribution in [0.4, 0.5) is 4.79 Å². The van der Waals surface area contributed by atoms with Crippen LogP contribution in [0.1, 0.15) is 37.9 Å². The molecule has 2 rings (SSSR count). The number of piperidine rings is 1. The Morgan fingerprint density at radius 1 is 1.22 bits per heavy atom. The second-order valence-electron chi connectivity index (χ2n) is 6.33. The van der Waals surface area contributed by atoms with Gasteiger partial charge in [-0.15, -0.1) is 0 Å². The lowest BCUT2D eigenvalue weighted by molar-refractivity contribution is -0.162. The molecule has 0 radical (unpaired) electrons. The quantitative estimate of drug-likeness (QED) is 0.757.